The first-order valence-corrected chi connectivity index (χ1v) is 13.2. The van der Waals surface area contributed by atoms with E-state index in [0.717, 1.165) is 0 Å². The summed E-state index contributed by atoms with van der Waals surface area (Å²) in [5.74, 6) is 0. The molecule has 2 unspecified atom stereocenters. The number of amides is 1. The van der Waals surface area contributed by atoms with Crippen LogP contribution in [-0.2, 0) is 18.0 Å². The molecule has 2 atom stereocenters. The van der Waals surface area contributed by atoms with E-state index in [0.29, 0.717) is 30.7 Å². The second-order valence-corrected chi connectivity index (χ2v) is 11.8. The molecule has 15 heteroatoms. The van der Waals surface area contributed by atoms with E-state index in [1.807, 2.05) is 55.8 Å². The fourth-order valence-corrected chi connectivity index (χ4v) is 4.82. The number of alkyl carbamates (subject to hydrolysis) is 1. The number of hydrogen-bond acceptors (Lipinski definition) is 5. The summed E-state index contributed by atoms with van der Waals surface area (Å²) in [6.45, 7) is 10.9. The first-order valence-electron chi connectivity index (χ1n) is 9.38. The van der Waals surface area contributed by atoms with Gasteiger partial charge in [-0.3, -0.25) is 4.48 Å². The van der Waals surface area contributed by atoms with Gasteiger partial charge in [0.05, 0.1) is 21.1 Å². The van der Waals surface area contributed by atoms with Crippen molar-refractivity contribution in [2.45, 2.75) is 52.9 Å². The Hall–Kier alpha value is -0.663. The van der Waals surface area contributed by atoms with E-state index in [1.165, 1.54) is 0 Å². The van der Waals surface area contributed by atoms with E-state index in [-0.39, 0.29) is 11.9 Å². The third kappa shape index (κ3) is 17.1. The second kappa shape index (κ2) is 10.8. The summed E-state index contributed by atoms with van der Waals surface area (Å²) in [5.41, 5.74) is -0.338. The van der Waals surface area contributed by atoms with Crippen LogP contribution in [0.4, 0.5) is 30.0 Å². The number of nitrogens with one attached hydrogen (secondary N) is 1. The van der Waals surface area contributed by atoms with Crippen LogP contribution in [0.25, 0.3) is 0 Å². The maximum absolute atomic E-state index is 12.2. The molecule has 0 aromatic heterocycles. The molecule has 0 radical (unpaired) electrons. The summed E-state index contributed by atoms with van der Waals surface area (Å²) in [6, 6.07) is 0. The topological polar surface area (TPSA) is 66.0 Å². The summed E-state index contributed by atoms with van der Waals surface area (Å²) < 4.78 is 82.7. The van der Waals surface area contributed by atoms with Crippen LogP contribution in [0.15, 0.2) is 0 Å². The van der Waals surface area contributed by atoms with Gasteiger partial charge in [0.2, 0.25) is 6.23 Å². The summed E-state index contributed by atoms with van der Waals surface area (Å²) in [6.07, 6.45) is -0.108. The molecule has 0 fully saturated rings. The van der Waals surface area contributed by atoms with Crippen molar-refractivity contribution in [1.82, 2.24) is 5.32 Å². The van der Waals surface area contributed by atoms with Gasteiger partial charge in [0.25, 0.3) is 0 Å². The zero-order valence-corrected chi connectivity index (χ0v) is 20.6. The first-order chi connectivity index (χ1) is 13.1. The first kappa shape index (κ1) is 31.5. The minimum atomic E-state index is -10.7. The van der Waals surface area contributed by atoms with Gasteiger partial charge in [0.1, 0.15) is 5.67 Å². The molecule has 0 aromatic rings. The Kier molecular flexibility index (Phi) is 11.3. The van der Waals surface area contributed by atoms with Gasteiger partial charge in [-0.25, -0.2) is 4.79 Å². The molecular formula is C15H35F6N2O5PSi. The van der Waals surface area contributed by atoms with Crippen molar-refractivity contribution in [2.24, 2.45) is 0 Å². The van der Waals surface area contributed by atoms with Gasteiger partial charge in [0, 0.05) is 26.7 Å². The van der Waals surface area contributed by atoms with E-state index in [2.05, 4.69) is 5.32 Å². The van der Waals surface area contributed by atoms with E-state index >= 15 is 0 Å². The van der Waals surface area contributed by atoms with Gasteiger partial charge in [-0.2, -0.15) is 0 Å². The fourth-order valence-electron chi connectivity index (χ4n) is 1.96. The third-order valence-corrected chi connectivity index (χ3v) is 7.01. The molecule has 7 nitrogen and oxygen atoms in total. The Bertz CT molecular complexity index is 505. The minimum absolute atomic E-state index is 0.269. The third-order valence-electron chi connectivity index (χ3n) is 3.53. The molecule has 0 heterocycles. The Balaban J connectivity index is 0. The van der Waals surface area contributed by atoms with Crippen LogP contribution in [0.2, 0.25) is 0 Å². The summed E-state index contributed by atoms with van der Waals surface area (Å²) in [4.78, 5) is 12.2. The molecule has 0 saturated heterocycles. The zero-order valence-electron chi connectivity index (χ0n) is 18.7. The summed E-state index contributed by atoms with van der Waals surface area (Å²) in [5, 5.41) is 2.88. The number of hydrogen-bond donors (Lipinski definition) is 1. The molecule has 1 N–H and O–H groups in total. The maximum atomic E-state index is 12.2. The molecule has 0 aliphatic rings. The molecule has 1 amide bonds. The number of carbonyl (C=O) groups excluding carboxylic acids is 1. The van der Waals surface area contributed by atoms with E-state index in [9.17, 15) is 30.0 Å². The standard InChI is InChI=1S/C15H34N2O5Si.F6P/c1-9-14(16-15(18)22-13(5)17(6,7)8)23(19-10-2,20-11-3)21-12-4;1-7(2,3,4,5)6/h13-14H,9-12H2,1-8H3;/q;-1/p+1. The normalized spacial score (nSPS) is 17.0. The fraction of sp³-hybridized carbons (Fsp3) is 0.933. The van der Waals surface area contributed by atoms with Crippen molar-refractivity contribution in [3.8, 4) is 0 Å². The van der Waals surface area contributed by atoms with Crippen molar-refractivity contribution >= 4 is 22.7 Å². The van der Waals surface area contributed by atoms with Gasteiger partial charge in [-0.05, 0) is 27.2 Å². The molecule has 0 spiro atoms. The molecule has 186 valence electrons. The van der Waals surface area contributed by atoms with E-state index in [1.54, 1.807) is 0 Å². The molecule has 0 saturated carbocycles. The molecule has 0 aliphatic heterocycles. The van der Waals surface area contributed by atoms with Crippen molar-refractivity contribution in [3.63, 3.8) is 0 Å². The van der Waals surface area contributed by atoms with E-state index < -0.39 is 22.7 Å². The van der Waals surface area contributed by atoms with Gasteiger partial charge in [-0.1, -0.05) is 6.92 Å². The van der Waals surface area contributed by atoms with Crippen LogP contribution in [0.3, 0.4) is 0 Å². The average molecular weight is 497 g/mol. The van der Waals surface area contributed by atoms with Crippen molar-refractivity contribution < 1.29 is 52.5 Å². The second-order valence-electron chi connectivity index (χ2n) is 7.09. The van der Waals surface area contributed by atoms with Crippen LogP contribution in [-0.4, -0.2) is 72.2 Å². The Labute approximate surface area is 175 Å². The number of nitrogens with zero attached hydrogens (tertiary/aromatic N) is 1. The Morgan fingerprint density at radius 1 is 0.900 bits per heavy atom. The van der Waals surface area contributed by atoms with E-state index in [4.69, 9.17) is 18.0 Å². The van der Waals surface area contributed by atoms with Crippen molar-refractivity contribution in [1.29, 1.82) is 0 Å². The number of halogens is 6. The molecule has 0 bridgehead atoms. The van der Waals surface area contributed by atoms with Gasteiger partial charge in [-0.15, -0.1) is 0 Å². The quantitative estimate of drug-likeness (QED) is 0.134. The summed E-state index contributed by atoms with van der Waals surface area (Å²) >= 11 is 0. The van der Waals surface area contributed by atoms with Gasteiger partial charge in [0.15, 0.2) is 0 Å². The molecule has 30 heavy (non-hydrogen) atoms. The van der Waals surface area contributed by atoms with Crippen LogP contribution < -0.4 is 5.32 Å². The molecule has 0 rings (SSSR count). The van der Waals surface area contributed by atoms with Crippen molar-refractivity contribution in [2.75, 3.05) is 41.0 Å². The number of rotatable bonds is 11. The van der Waals surface area contributed by atoms with Crippen molar-refractivity contribution in [3.05, 3.63) is 0 Å². The predicted octanol–water partition coefficient (Wildman–Crippen LogP) is 5.51. The van der Waals surface area contributed by atoms with Crippen LogP contribution >= 0.6 is 7.81 Å². The van der Waals surface area contributed by atoms with Gasteiger partial charge < -0.3 is 23.3 Å². The molecular weight excluding hydrogens is 461 g/mol. The van der Waals surface area contributed by atoms with Gasteiger partial charge >= 0.3 is 47.9 Å². The number of carbonyl (C=O) groups is 1. The predicted molar refractivity (Wildman–Crippen MR) is 105 cm³/mol. The van der Waals surface area contributed by atoms with Crippen LogP contribution in [0, 0.1) is 0 Å². The SMILES string of the molecule is CCO[Si](OCC)(OCC)C(CC)NC(=O)OC(C)[N+](C)(C)C.F[P-](F)(F)(F)(F)F. The molecule has 0 aliphatic carbocycles. The monoisotopic (exact) mass is 496 g/mol. The Morgan fingerprint density at radius 3 is 1.47 bits per heavy atom. The summed E-state index contributed by atoms with van der Waals surface area (Å²) in [7, 11) is -7.76. The van der Waals surface area contributed by atoms with Crippen LogP contribution in [0.1, 0.15) is 41.0 Å². The number of quaternary nitrogens is 1. The van der Waals surface area contributed by atoms with Crippen LogP contribution in [0.5, 0.6) is 0 Å². The Morgan fingerprint density at radius 2 is 1.23 bits per heavy atom. The average Bonchev–Trinajstić information content (AvgIpc) is 2.49. The zero-order chi connectivity index (χ0) is 24.5. The molecule has 0 aromatic carbocycles. The number of ether oxygens (including phenoxy) is 1.